The predicted molar refractivity (Wildman–Crippen MR) is 101 cm³/mol. The number of nitrogens with one attached hydrogen (secondary N) is 1. The fourth-order valence-electron chi connectivity index (χ4n) is 3.31. The van der Waals surface area contributed by atoms with Crippen molar-refractivity contribution in [1.29, 1.82) is 0 Å². The lowest BCUT2D eigenvalue weighted by Crippen LogP contribution is -2.45. The highest BCUT2D eigenvalue weighted by Gasteiger charge is 2.46. The summed E-state index contributed by atoms with van der Waals surface area (Å²) < 4.78 is 5.15. The molecule has 0 fully saturated rings. The number of guanidine groups is 1. The number of rotatable bonds is 12. The normalized spacial score (nSPS) is 17.6. The zero-order valence-corrected chi connectivity index (χ0v) is 15.9. The van der Waals surface area contributed by atoms with E-state index < -0.39 is 11.8 Å². The number of aliphatic imine (C=N–C) groups is 1. The number of carbonyl (C=O) groups is 1. The third-order valence-corrected chi connectivity index (χ3v) is 4.85. The van der Waals surface area contributed by atoms with Crippen molar-refractivity contribution in [2.45, 2.75) is 70.6 Å². The van der Waals surface area contributed by atoms with Crippen molar-refractivity contribution in [3.8, 4) is 0 Å². The predicted octanol–water partition coefficient (Wildman–Crippen LogP) is 2.53. The first-order chi connectivity index (χ1) is 12.5. The maximum absolute atomic E-state index is 13.0. The first kappa shape index (κ1) is 20.5. The molecule has 0 aromatic carbocycles. The van der Waals surface area contributed by atoms with Crippen molar-refractivity contribution in [2.75, 3.05) is 13.1 Å². The number of aliphatic hydroxyl groups is 1. The summed E-state index contributed by atoms with van der Waals surface area (Å²) in [6.07, 6.45) is 6.86. The average molecular weight is 364 g/mol. The van der Waals surface area contributed by atoms with Gasteiger partial charge in [-0.2, -0.15) is 0 Å². The van der Waals surface area contributed by atoms with E-state index in [1.807, 2.05) is 0 Å². The quantitative estimate of drug-likeness (QED) is 0.390. The minimum Gasteiger partial charge on any atom is -0.465 e. The van der Waals surface area contributed by atoms with Gasteiger partial charge in [0.1, 0.15) is 11.3 Å². The van der Waals surface area contributed by atoms with Crippen LogP contribution in [0.3, 0.4) is 0 Å². The van der Waals surface area contributed by atoms with Gasteiger partial charge in [0.2, 0.25) is 0 Å². The summed E-state index contributed by atoms with van der Waals surface area (Å²) in [7, 11) is 0. The van der Waals surface area contributed by atoms with Crippen LogP contribution < -0.4 is 11.1 Å². The van der Waals surface area contributed by atoms with Crippen LogP contribution in [0.1, 0.15) is 70.8 Å². The molecule has 7 nitrogen and oxygen atoms in total. The second kappa shape index (κ2) is 9.73. The van der Waals surface area contributed by atoms with E-state index in [9.17, 15) is 9.90 Å². The van der Waals surface area contributed by atoms with Gasteiger partial charge in [0.15, 0.2) is 12.2 Å². The molecule has 1 atom stereocenters. The van der Waals surface area contributed by atoms with Crippen LogP contribution in [0.4, 0.5) is 0 Å². The summed E-state index contributed by atoms with van der Waals surface area (Å²) >= 11 is 0. The van der Waals surface area contributed by atoms with Crippen LogP contribution in [0.2, 0.25) is 0 Å². The van der Waals surface area contributed by atoms with Crippen LogP contribution in [0.25, 0.3) is 0 Å². The lowest BCUT2D eigenvalue weighted by molar-refractivity contribution is -0.131. The van der Waals surface area contributed by atoms with Gasteiger partial charge >= 0.3 is 0 Å². The number of hydrogen-bond donors (Lipinski definition) is 3. The molecule has 2 heterocycles. The Balaban J connectivity index is 1.87. The molecule has 1 aromatic rings. The third kappa shape index (κ3) is 4.86. The van der Waals surface area contributed by atoms with Gasteiger partial charge in [-0.1, -0.05) is 39.5 Å². The highest BCUT2D eigenvalue weighted by Crippen LogP contribution is 2.32. The summed E-state index contributed by atoms with van der Waals surface area (Å²) in [5.74, 6) is 0.832. The first-order valence-corrected chi connectivity index (χ1v) is 9.66. The highest BCUT2D eigenvalue weighted by molar-refractivity contribution is 6.06. The molecule has 0 spiro atoms. The molecule has 1 unspecified atom stereocenters. The zero-order valence-electron chi connectivity index (χ0n) is 15.9. The van der Waals surface area contributed by atoms with E-state index in [1.54, 1.807) is 17.0 Å². The maximum Gasteiger partial charge on any atom is 0.257 e. The molecular weight excluding hydrogens is 332 g/mol. The fourth-order valence-corrected chi connectivity index (χ4v) is 3.31. The SMILES string of the molecule is CCCCC1(CCCC)N=C(N)N(CCCNC(O)c2ccco2)C1=O. The molecule has 0 saturated carbocycles. The van der Waals surface area contributed by atoms with E-state index in [2.05, 4.69) is 24.2 Å². The summed E-state index contributed by atoms with van der Waals surface area (Å²) in [4.78, 5) is 19.2. The molecule has 2 rings (SSSR count). The highest BCUT2D eigenvalue weighted by atomic mass is 16.4. The van der Waals surface area contributed by atoms with Crippen LogP contribution in [0.5, 0.6) is 0 Å². The molecule has 0 aliphatic carbocycles. The lowest BCUT2D eigenvalue weighted by atomic mass is 9.87. The smallest absolute Gasteiger partial charge is 0.257 e. The van der Waals surface area contributed by atoms with Crippen LogP contribution >= 0.6 is 0 Å². The van der Waals surface area contributed by atoms with E-state index in [1.165, 1.54) is 6.26 Å². The maximum atomic E-state index is 13.0. The molecule has 1 aliphatic heterocycles. The van der Waals surface area contributed by atoms with E-state index in [4.69, 9.17) is 10.2 Å². The second-order valence-electron chi connectivity index (χ2n) is 6.89. The second-order valence-corrected chi connectivity index (χ2v) is 6.89. The number of nitrogens with two attached hydrogens (primary N) is 1. The topological polar surface area (TPSA) is 104 Å². The van der Waals surface area contributed by atoms with Crippen LogP contribution in [0, 0.1) is 0 Å². The Hall–Kier alpha value is -1.86. The first-order valence-electron chi connectivity index (χ1n) is 9.66. The van der Waals surface area contributed by atoms with Crippen molar-refractivity contribution < 1.29 is 14.3 Å². The van der Waals surface area contributed by atoms with Crippen molar-refractivity contribution in [3.63, 3.8) is 0 Å². The van der Waals surface area contributed by atoms with Crippen molar-refractivity contribution in [1.82, 2.24) is 10.2 Å². The van der Waals surface area contributed by atoms with Crippen LogP contribution in [-0.2, 0) is 4.79 Å². The Morgan fingerprint density at radius 2 is 2.00 bits per heavy atom. The van der Waals surface area contributed by atoms with Gasteiger partial charge in [-0.3, -0.25) is 15.0 Å². The summed E-state index contributed by atoms with van der Waals surface area (Å²) in [6, 6.07) is 3.44. The van der Waals surface area contributed by atoms with Crippen molar-refractivity contribution in [2.24, 2.45) is 10.7 Å². The van der Waals surface area contributed by atoms with Gasteiger partial charge in [-0.15, -0.1) is 0 Å². The van der Waals surface area contributed by atoms with E-state index in [0.29, 0.717) is 31.2 Å². The number of amides is 1. The molecular formula is C19H32N4O3. The molecule has 7 heteroatoms. The van der Waals surface area contributed by atoms with Gasteiger partial charge in [0.25, 0.3) is 5.91 Å². The number of nitrogens with zero attached hydrogens (tertiary/aromatic N) is 2. The Kier molecular flexibility index (Phi) is 7.66. The largest absolute Gasteiger partial charge is 0.465 e. The van der Waals surface area contributed by atoms with Gasteiger partial charge in [0.05, 0.1) is 6.26 Å². The van der Waals surface area contributed by atoms with E-state index in [-0.39, 0.29) is 5.91 Å². The number of furan rings is 1. The monoisotopic (exact) mass is 364 g/mol. The molecule has 26 heavy (non-hydrogen) atoms. The van der Waals surface area contributed by atoms with Gasteiger partial charge < -0.3 is 15.3 Å². The Labute approximate surface area is 155 Å². The number of aliphatic hydroxyl groups excluding tert-OH is 1. The molecule has 146 valence electrons. The van der Waals surface area contributed by atoms with Crippen molar-refractivity contribution in [3.05, 3.63) is 24.2 Å². The van der Waals surface area contributed by atoms with Crippen LogP contribution in [0.15, 0.2) is 27.8 Å². The molecule has 1 aromatic heterocycles. The van der Waals surface area contributed by atoms with Gasteiger partial charge in [0, 0.05) is 6.54 Å². The molecule has 4 N–H and O–H groups in total. The molecule has 0 radical (unpaired) electrons. The Morgan fingerprint density at radius 1 is 1.31 bits per heavy atom. The number of hydrogen-bond acceptors (Lipinski definition) is 6. The van der Waals surface area contributed by atoms with Gasteiger partial charge in [-0.05, 0) is 37.9 Å². The van der Waals surface area contributed by atoms with E-state index >= 15 is 0 Å². The molecule has 1 amide bonds. The fraction of sp³-hybridized carbons (Fsp3) is 0.684. The Morgan fingerprint density at radius 3 is 2.58 bits per heavy atom. The third-order valence-electron chi connectivity index (χ3n) is 4.85. The lowest BCUT2D eigenvalue weighted by Gasteiger charge is -2.26. The summed E-state index contributed by atoms with van der Waals surface area (Å²) in [5, 5.41) is 12.9. The summed E-state index contributed by atoms with van der Waals surface area (Å²) in [5.41, 5.74) is 5.41. The average Bonchev–Trinajstić information content (AvgIpc) is 3.24. The van der Waals surface area contributed by atoms with Crippen molar-refractivity contribution >= 4 is 11.9 Å². The van der Waals surface area contributed by atoms with Gasteiger partial charge in [-0.25, -0.2) is 4.99 Å². The minimum absolute atomic E-state index is 0.0310. The standard InChI is InChI=1S/C19H32N4O3/c1-3-5-10-19(11-6-4-2)17(25)23(18(20)22-19)13-8-12-21-16(24)15-9-7-14-26-15/h7,9,14,16,21,24H,3-6,8,10-13H2,1-2H3,(H2,20,22). The molecule has 0 saturated heterocycles. The van der Waals surface area contributed by atoms with Crippen LogP contribution in [-0.4, -0.2) is 40.5 Å². The molecule has 0 bridgehead atoms. The number of carbonyl (C=O) groups excluding carboxylic acids is 1. The van der Waals surface area contributed by atoms with E-state index in [0.717, 1.165) is 38.5 Å². The zero-order chi connectivity index (χ0) is 19.0. The summed E-state index contributed by atoms with van der Waals surface area (Å²) in [6.45, 7) is 5.27. The minimum atomic E-state index is -0.849. The Bertz CT molecular complexity index is 578. The number of unbranched alkanes of at least 4 members (excludes halogenated alkanes) is 2. The molecule has 1 aliphatic rings.